The first-order valence-corrected chi connectivity index (χ1v) is 3.87. The number of carbonyl (C=O) groups is 1. The molecule has 0 fully saturated rings. The van der Waals surface area contributed by atoms with E-state index in [0.717, 1.165) is 5.56 Å². The highest BCUT2D eigenvalue weighted by atomic mass is 16.4. The minimum atomic E-state index is -0.994. The van der Waals surface area contributed by atoms with Crippen LogP contribution in [0.2, 0.25) is 0 Å². The van der Waals surface area contributed by atoms with Crippen molar-refractivity contribution in [2.75, 3.05) is 0 Å². The third-order valence-corrected chi connectivity index (χ3v) is 1.63. The zero-order chi connectivity index (χ0) is 9.84. The Hall–Kier alpha value is -1.49. The van der Waals surface area contributed by atoms with Gasteiger partial charge in [-0.3, -0.25) is 4.79 Å². The molecule has 0 unspecified atom stereocenters. The van der Waals surface area contributed by atoms with Gasteiger partial charge in [-0.25, -0.2) is 4.57 Å². The molecule has 0 aromatic carbocycles. The summed E-state index contributed by atoms with van der Waals surface area (Å²) in [7, 11) is 1.82. The largest absolute Gasteiger partial charge is 0.480 e. The van der Waals surface area contributed by atoms with Crippen LogP contribution in [0, 0.1) is 0 Å². The van der Waals surface area contributed by atoms with Crippen LogP contribution < -0.4 is 10.3 Å². The maximum Gasteiger partial charge on any atom is 0.320 e. The van der Waals surface area contributed by atoms with Crippen LogP contribution in [0.25, 0.3) is 0 Å². The van der Waals surface area contributed by atoms with Crippen LogP contribution in [-0.2, 0) is 18.3 Å². The Kier molecular flexibility index (Phi) is 2.92. The quantitative estimate of drug-likeness (QED) is 0.579. The maximum absolute atomic E-state index is 10.4. The van der Waals surface area contributed by atoms with Crippen molar-refractivity contribution < 1.29 is 14.5 Å². The molecule has 0 aliphatic carbocycles. The van der Waals surface area contributed by atoms with Gasteiger partial charge in [0.15, 0.2) is 0 Å². The molecule has 0 saturated carbocycles. The van der Waals surface area contributed by atoms with Gasteiger partial charge in [0.05, 0.1) is 13.2 Å². The molecule has 0 bridgehead atoms. The van der Waals surface area contributed by atoms with Crippen molar-refractivity contribution in [3.63, 3.8) is 0 Å². The van der Waals surface area contributed by atoms with Gasteiger partial charge in [0.25, 0.3) is 6.33 Å². The van der Waals surface area contributed by atoms with E-state index in [9.17, 15) is 4.79 Å². The second-order valence-electron chi connectivity index (χ2n) is 2.91. The molecule has 5 nitrogen and oxygen atoms in total. The minimum absolute atomic E-state index is 0.303. The van der Waals surface area contributed by atoms with Crippen LogP contribution in [0.15, 0.2) is 18.7 Å². The van der Waals surface area contributed by atoms with Gasteiger partial charge in [0, 0.05) is 12.0 Å². The SMILES string of the molecule is C[n+]1cncc(C[C@H](N)C(=O)O)c1. The Morgan fingerprint density at radius 3 is 3.08 bits per heavy atom. The summed E-state index contributed by atoms with van der Waals surface area (Å²) >= 11 is 0. The zero-order valence-electron chi connectivity index (χ0n) is 7.34. The maximum atomic E-state index is 10.4. The molecule has 1 heterocycles. The first-order chi connectivity index (χ1) is 6.09. The third-order valence-electron chi connectivity index (χ3n) is 1.63. The fraction of sp³-hybridized carbons (Fsp3) is 0.375. The fourth-order valence-electron chi connectivity index (χ4n) is 1.01. The second kappa shape index (κ2) is 3.95. The molecule has 13 heavy (non-hydrogen) atoms. The Bertz CT molecular complexity index is 314. The molecule has 1 aromatic heterocycles. The van der Waals surface area contributed by atoms with E-state index < -0.39 is 12.0 Å². The Labute approximate surface area is 75.8 Å². The number of aryl methyl sites for hydroxylation is 1. The first-order valence-electron chi connectivity index (χ1n) is 3.87. The van der Waals surface area contributed by atoms with Gasteiger partial charge in [-0.1, -0.05) is 4.98 Å². The van der Waals surface area contributed by atoms with E-state index in [1.54, 1.807) is 23.3 Å². The summed E-state index contributed by atoms with van der Waals surface area (Å²) in [5, 5.41) is 8.56. The van der Waals surface area contributed by atoms with Crippen LogP contribution in [0.4, 0.5) is 0 Å². The lowest BCUT2D eigenvalue weighted by molar-refractivity contribution is -0.675. The molecule has 0 radical (unpaired) electrons. The molecule has 70 valence electrons. The number of aliphatic carboxylic acids is 1. The molecule has 3 N–H and O–H groups in total. The molecular formula is C8H12N3O2+. The molecule has 0 aliphatic rings. The van der Waals surface area contributed by atoms with Crippen LogP contribution in [-0.4, -0.2) is 22.1 Å². The molecule has 0 amide bonds. The van der Waals surface area contributed by atoms with Crippen molar-refractivity contribution in [2.24, 2.45) is 12.8 Å². The molecule has 5 heteroatoms. The Balaban J connectivity index is 2.69. The number of carboxylic acids is 1. The average molecular weight is 182 g/mol. The van der Waals surface area contributed by atoms with Crippen molar-refractivity contribution in [1.29, 1.82) is 0 Å². The number of rotatable bonds is 3. The van der Waals surface area contributed by atoms with Gasteiger partial charge in [0.2, 0.25) is 0 Å². The Morgan fingerprint density at radius 1 is 1.85 bits per heavy atom. The predicted octanol–water partition coefficient (Wildman–Crippen LogP) is -1.14. The normalized spacial score (nSPS) is 12.5. The summed E-state index contributed by atoms with van der Waals surface area (Å²) in [6.45, 7) is 0. The van der Waals surface area contributed by atoms with Crippen molar-refractivity contribution in [2.45, 2.75) is 12.5 Å². The number of nitrogens with zero attached hydrogens (tertiary/aromatic N) is 2. The summed E-state index contributed by atoms with van der Waals surface area (Å²) in [4.78, 5) is 14.3. The number of carboxylic acid groups (broad SMARTS) is 1. The third kappa shape index (κ3) is 2.79. The van der Waals surface area contributed by atoms with Gasteiger partial charge in [-0.15, -0.1) is 0 Å². The van der Waals surface area contributed by atoms with E-state index in [1.807, 2.05) is 7.05 Å². The molecule has 0 aliphatic heterocycles. The van der Waals surface area contributed by atoms with Gasteiger partial charge in [0.1, 0.15) is 12.2 Å². The first kappa shape index (κ1) is 9.60. The smallest absolute Gasteiger partial charge is 0.320 e. The highest BCUT2D eigenvalue weighted by Gasteiger charge is 2.13. The van der Waals surface area contributed by atoms with E-state index in [1.165, 1.54) is 0 Å². The number of nitrogens with two attached hydrogens (primary N) is 1. The predicted molar refractivity (Wildman–Crippen MR) is 44.7 cm³/mol. The van der Waals surface area contributed by atoms with E-state index in [-0.39, 0.29) is 0 Å². The summed E-state index contributed by atoms with van der Waals surface area (Å²) < 4.78 is 1.75. The van der Waals surface area contributed by atoms with E-state index in [4.69, 9.17) is 10.8 Å². The van der Waals surface area contributed by atoms with Crippen molar-refractivity contribution in [1.82, 2.24) is 4.98 Å². The fourth-order valence-corrected chi connectivity index (χ4v) is 1.01. The van der Waals surface area contributed by atoms with Crippen molar-refractivity contribution >= 4 is 5.97 Å². The van der Waals surface area contributed by atoms with Gasteiger partial charge in [-0.2, -0.15) is 0 Å². The lowest BCUT2D eigenvalue weighted by atomic mass is 10.1. The number of hydrogen-bond donors (Lipinski definition) is 2. The lowest BCUT2D eigenvalue weighted by Gasteiger charge is -2.03. The van der Waals surface area contributed by atoms with E-state index in [2.05, 4.69) is 4.98 Å². The molecule has 1 aromatic rings. The summed E-state index contributed by atoms with van der Waals surface area (Å²) in [6.07, 6.45) is 5.35. The molecular weight excluding hydrogens is 170 g/mol. The lowest BCUT2D eigenvalue weighted by Crippen LogP contribution is -2.34. The van der Waals surface area contributed by atoms with Crippen LogP contribution in [0.1, 0.15) is 5.56 Å². The topological polar surface area (TPSA) is 80.1 Å². The van der Waals surface area contributed by atoms with Crippen LogP contribution in [0.3, 0.4) is 0 Å². The summed E-state index contributed by atoms with van der Waals surface area (Å²) in [5.41, 5.74) is 6.18. The van der Waals surface area contributed by atoms with Crippen molar-refractivity contribution in [3.8, 4) is 0 Å². The number of hydrogen-bond acceptors (Lipinski definition) is 3. The Morgan fingerprint density at radius 2 is 2.54 bits per heavy atom. The molecule has 0 saturated heterocycles. The highest BCUT2D eigenvalue weighted by molar-refractivity contribution is 5.73. The number of aromatic nitrogens is 2. The molecule has 1 rings (SSSR count). The van der Waals surface area contributed by atoms with E-state index >= 15 is 0 Å². The minimum Gasteiger partial charge on any atom is -0.480 e. The average Bonchev–Trinajstić information content (AvgIpc) is 2.04. The van der Waals surface area contributed by atoms with Crippen LogP contribution >= 0.6 is 0 Å². The van der Waals surface area contributed by atoms with Gasteiger partial charge < -0.3 is 10.8 Å². The van der Waals surface area contributed by atoms with Crippen LogP contribution in [0.5, 0.6) is 0 Å². The van der Waals surface area contributed by atoms with Gasteiger partial charge >= 0.3 is 5.97 Å². The monoisotopic (exact) mass is 182 g/mol. The van der Waals surface area contributed by atoms with E-state index in [0.29, 0.717) is 6.42 Å². The second-order valence-corrected chi connectivity index (χ2v) is 2.91. The summed E-state index contributed by atoms with van der Waals surface area (Å²) in [6, 6.07) is -0.857. The van der Waals surface area contributed by atoms with Crippen molar-refractivity contribution in [3.05, 3.63) is 24.3 Å². The zero-order valence-corrected chi connectivity index (χ0v) is 7.34. The molecule has 0 spiro atoms. The molecule has 1 atom stereocenters. The van der Waals surface area contributed by atoms with Gasteiger partial charge in [-0.05, 0) is 0 Å². The standard InChI is InChI=1S/C8H11N3O2/c1-11-4-6(3-10-5-11)2-7(9)8(12)13/h3-5,7H,2,9H2,1H3/p+1/t7-/m0/s1. The summed E-state index contributed by atoms with van der Waals surface area (Å²) in [5.74, 6) is -0.994. The highest BCUT2D eigenvalue weighted by Crippen LogP contribution is 1.96.